The van der Waals surface area contributed by atoms with Crippen LogP contribution in [-0.2, 0) is 19.1 Å². The minimum absolute atomic E-state index is 0.0324. The van der Waals surface area contributed by atoms with Crippen molar-refractivity contribution in [3.05, 3.63) is 29.3 Å². The van der Waals surface area contributed by atoms with Gasteiger partial charge in [-0.3, -0.25) is 34.2 Å². The first-order chi connectivity index (χ1) is 15.4. The Bertz CT molecular complexity index is 969. The molecule has 0 spiro atoms. The van der Waals surface area contributed by atoms with Crippen molar-refractivity contribution < 1.29 is 28.7 Å². The highest BCUT2D eigenvalue weighted by atomic mass is 16.5. The number of nitrogens with one attached hydrogen (secondary N) is 2. The first kappa shape index (κ1) is 21.9. The van der Waals surface area contributed by atoms with E-state index in [4.69, 9.17) is 4.74 Å². The van der Waals surface area contributed by atoms with E-state index in [0.717, 1.165) is 17.7 Å². The Morgan fingerprint density at radius 3 is 2.56 bits per heavy atom. The van der Waals surface area contributed by atoms with E-state index in [9.17, 15) is 24.0 Å². The minimum atomic E-state index is -0.979. The molecule has 5 amide bonds. The monoisotopic (exact) mass is 442 g/mol. The maximum Gasteiger partial charge on any atom is 0.264 e. The molecule has 2 fully saturated rings. The molecule has 0 saturated carbocycles. The van der Waals surface area contributed by atoms with Gasteiger partial charge in [0.2, 0.25) is 17.7 Å². The number of benzene rings is 1. The van der Waals surface area contributed by atoms with Crippen molar-refractivity contribution in [3.8, 4) is 0 Å². The highest BCUT2D eigenvalue weighted by molar-refractivity contribution is 6.25. The maximum atomic E-state index is 13.2. The molecule has 10 nitrogen and oxygen atoms in total. The van der Waals surface area contributed by atoms with E-state index in [1.54, 1.807) is 19.2 Å². The van der Waals surface area contributed by atoms with Crippen LogP contribution in [0.1, 0.15) is 52.8 Å². The molecule has 1 aromatic rings. The van der Waals surface area contributed by atoms with E-state index in [1.807, 2.05) is 6.07 Å². The summed E-state index contributed by atoms with van der Waals surface area (Å²) in [5, 5.41) is 4.77. The Hall–Kier alpha value is -3.27. The van der Waals surface area contributed by atoms with Crippen molar-refractivity contribution in [1.29, 1.82) is 0 Å². The summed E-state index contributed by atoms with van der Waals surface area (Å²) >= 11 is 0. The van der Waals surface area contributed by atoms with Gasteiger partial charge in [0.05, 0.1) is 29.5 Å². The number of nitrogens with zero attached hydrogens (tertiary/aromatic N) is 2. The highest BCUT2D eigenvalue weighted by Gasteiger charge is 2.46. The summed E-state index contributed by atoms with van der Waals surface area (Å²) in [5.41, 5.74) is 1.25. The van der Waals surface area contributed by atoms with E-state index in [-0.39, 0.29) is 30.4 Å². The van der Waals surface area contributed by atoms with Crippen molar-refractivity contribution in [2.45, 2.75) is 44.2 Å². The van der Waals surface area contributed by atoms with Crippen LogP contribution >= 0.6 is 0 Å². The van der Waals surface area contributed by atoms with Crippen LogP contribution in [0.5, 0.6) is 0 Å². The lowest BCUT2D eigenvalue weighted by Gasteiger charge is -2.34. The molecule has 0 aromatic heterocycles. The summed E-state index contributed by atoms with van der Waals surface area (Å²) in [6.45, 7) is 1.64. The van der Waals surface area contributed by atoms with Gasteiger partial charge >= 0.3 is 0 Å². The van der Waals surface area contributed by atoms with Gasteiger partial charge in [-0.15, -0.1) is 0 Å². The topological polar surface area (TPSA) is 125 Å². The molecule has 1 unspecified atom stereocenters. The standard InChI is InChI=1S/C22H26N4O6/c1-23-17(27)9-12-32-13-7-10-25(11-8-13)15-4-2-3-14-19(15)22(31)26(21(14)30)16-5-6-18(28)24-20(16)29/h2-4,13,16H,5-12H2,1H3,(H,23,27)(H,24,28,29). The van der Waals surface area contributed by atoms with E-state index < -0.39 is 29.7 Å². The number of piperidine rings is 2. The van der Waals surface area contributed by atoms with Gasteiger partial charge in [-0.05, 0) is 31.4 Å². The average molecular weight is 442 g/mol. The van der Waals surface area contributed by atoms with E-state index >= 15 is 0 Å². The average Bonchev–Trinajstić information content (AvgIpc) is 3.04. The number of anilines is 1. The third kappa shape index (κ3) is 4.10. The van der Waals surface area contributed by atoms with Crippen molar-refractivity contribution in [2.24, 2.45) is 0 Å². The van der Waals surface area contributed by atoms with Gasteiger partial charge in [-0.1, -0.05) is 6.07 Å². The fraction of sp³-hybridized carbons (Fsp3) is 0.500. The van der Waals surface area contributed by atoms with Crippen molar-refractivity contribution >= 4 is 35.2 Å². The van der Waals surface area contributed by atoms with Crippen molar-refractivity contribution in [2.75, 3.05) is 31.6 Å². The maximum absolute atomic E-state index is 13.2. The normalized spacial score (nSPS) is 21.6. The largest absolute Gasteiger partial charge is 0.378 e. The Morgan fingerprint density at radius 1 is 1.12 bits per heavy atom. The van der Waals surface area contributed by atoms with Crippen LogP contribution in [-0.4, -0.2) is 73.3 Å². The summed E-state index contributed by atoms with van der Waals surface area (Å²) in [6.07, 6.45) is 2.03. The number of carbonyl (C=O) groups excluding carboxylic acids is 5. The van der Waals surface area contributed by atoms with Crippen LogP contribution in [0.25, 0.3) is 0 Å². The molecule has 0 aliphatic carbocycles. The number of hydrogen-bond acceptors (Lipinski definition) is 7. The number of ether oxygens (including phenoxy) is 1. The molecule has 1 aromatic carbocycles. The van der Waals surface area contributed by atoms with Gasteiger partial charge < -0.3 is 15.0 Å². The fourth-order valence-electron chi connectivity index (χ4n) is 4.47. The molecule has 32 heavy (non-hydrogen) atoms. The molecule has 0 bridgehead atoms. The zero-order valence-electron chi connectivity index (χ0n) is 17.9. The van der Waals surface area contributed by atoms with Gasteiger partial charge in [0.15, 0.2) is 0 Å². The van der Waals surface area contributed by atoms with Crippen LogP contribution in [0.15, 0.2) is 18.2 Å². The van der Waals surface area contributed by atoms with Gasteiger partial charge in [0.1, 0.15) is 6.04 Å². The molecule has 0 radical (unpaired) electrons. The molecule has 2 saturated heterocycles. The SMILES string of the molecule is CNC(=O)CCOC1CCN(c2cccc3c2C(=O)N(C2CCC(=O)NC2=O)C3=O)CC1. The van der Waals surface area contributed by atoms with Crippen molar-refractivity contribution in [1.82, 2.24) is 15.5 Å². The van der Waals surface area contributed by atoms with Crippen molar-refractivity contribution in [3.63, 3.8) is 0 Å². The lowest BCUT2D eigenvalue weighted by atomic mass is 10.0. The predicted octanol–water partition coefficient (Wildman–Crippen LogP) is 0.209. The Labute approximate surface area is 185 Å². The lowest BCUT2D eigenvalue weighted by Crippen LogP contribution is -2.54. The van der Waals surface area contributed by atoms with Crippen LogP contribution in [0.2, 0.25) is 0 Å². The lowest BCUT2D eigenvalue weighted by molar-refractivity contribution is -0.136. The van der Waals surface area contributed by atoms with Crippen LogP contribution < -0.4 is 15.5 Å². The Balaban J connectivity index is 1.45. The first-order valence-electron chi connectivity index (χ1n) is 10.8. The van der Waals surface area contributed by atoms with Crippen LogP contribution in [0.3, 0.4) is 0 Å². The summed E-state index contributed by atoms with van der Waals surface area (Å²) in [7, 11) is 1.59. The Morgan fingerprint density at radius 2 is 1.88 bits per heavy atom. The Kier molecular flexibility index (Phi) is 6.22. The minimum Gasteiger partial charge on any atom is -0.378 e. The molecule has 1 atom stereocenters. The predicted molar refractivity (Wildman–Crippen MR) is 113 cm³/mol. The number of carbonyl (C=O) groups is 5. The number of imide groups is 2. The summed E-state index contributed by atoms with van der Waals surface area (Å²) in [5.74, 6) is -2.09. The van der Waals surface area contributed by atoms with Gasteiger partial charge in [-0.2, -0.15) is 0 Å². The third-order valence-electron chi connectivity index (χ3n) is 6.19. The fourth-order valence-corrected chi connectivity index (χ4v) is 4.47. The van der Waals surface area contributed by atoms with Gasteiger partial charge in [0, 0.05) is 33.0 Å². The van der Waals surface area contributed by atoms with E-state index in [1.165, 1.54) is 0 Å². The molecule has 170 valence electrons. The number of fused-ring (bicyclic) bond motifs is 1. The van der Waals surface area contributed by atoms with Crippen LogP contribution in [0.4, 0.5) is 5.69 Å². The number of rotatable bonds is 6. The smallest absolute Gasteiger partial charge is 0.264 e. The van der Waals surface area contributed by atoms with Gasteiger partial charge in [-0.25, -0.2) is 0 Å². The second-order valence-corrected chi connectivity index (χ2v) is 8.13. The summed E-state index contributed by atoms with van der Waals surface area (Å²) < 4.78 is 5.80. The zero-order valence-corrected chi connectivity index (χ0v) is 17.9. The summed E-state index contributed by atoms with van der Waals surface area (Å²) in [4.78, 5) is 64.3. The molecule has 3 heterocycles. The molecule has 3 aliphatic rings. The molecule has 2 N–H and O–H groups in total. The molecule has 10 heteroatoms. The second-order valence-electron chi connectivity index (χ2n) is 8.13. The molecular weight excluding hydrogens is 416 g/mol. The molecular formula is C22H26N4O6. The highest BCUT2D eigenvalue weighted by Crippen LogP contribution is 2.35. The van der Waals surface area contributed by atoms with E-state index in [2.05, 4.69) is 15.5 Å². The number of hydrogen-bond donors (Lipinski definition) is 2. The summed E-state index contributed by atoms with van der Waals surface area (Å²) in [6, 6.07) is 4.16. The molecule has 3 aliphatic heterocycles. The third-order valence-corrected chi connectivity index (χ3v) is 6.19. The van der Waals surface area contributed by atoms with Crippen LogP contribution in [0, 0.1) is 0 Å². The second kappa shape index (κ2) is 9.07. The number of amides is 5. The zero-order chi connectivity index (χ0) is 22.8. The van der Waals surface area contributed by atoms with E-state index in [0.29, 0.717) is 37.4 Å². The molecule has 4 rings (SSSR count). The quantitative estimate of drug-likeness (QED) is 0.604. The van der Waals surface area contributed by atoms with Gasteiger partial charge in [0.25, 0.3) is 11.8 Å². The first-order valence-corrected chi connectivity index (χ1v) is 10.8.